The first kappa shape index (κ1) is 25.2. The number of hydrogen-bond donors (Lipinski definition) is 3. The monoisotopic (exact) mass is 497 g/mol. The van der Waals surface area contributed by atoms with Gasteiger partial charge in [0, 0.05) is 36.9 Å². The van der Waals surface area contributed by atoms with Gasteiger partial charge in [0.2, 0.25) is 0 Å². The maximum Gasteiger partial charge on any atom is 0.326 e. The van der Waals surface area contributed by atoms with Gasteiger partial charge in [0.15, 0.2) is 0 Å². The Balaban J connectivity index is 1.38. The molecule has 1 amide bonds. The highest BCUT2D eigenvalue weighted by atomic mass is 35.5. The predicted molar refractivity (Wildman–Crippen MR) is 125 cm³/mol. The van der Waals surface area contributed by atoms with Crippen molar-refractivity contribution in [1.82, 2.24) is 10.3 Å². The topological polar surface area (TPSA) is 101 Å². The van der Waals surface area contributed by atoms with E-state index in [0.717, 1.165) is 56.2 Å². The fourth-order valence-electron chi connectivity index (χ4n) is 3.57. The molecule has 1 aromatic carbocycles. The van der Waals surface area contributed by atoms with Crippen LogP contribution in [0, 0.1) is 5.82 Å². The van der Waals surface area contributed by atoms with Gasteiger partial charge in [-0.3, -0.25) is 4.79 Å². The standard InChI is InChI=1S/C23H26Cl2FN3O4/c24-15-12-17(25)20(18(26)13-15)22(30)29-19(23(31)32)8-11-33-10-2-1-5-16-7-6-14-4-3-9-27-21(14)28-16/h6-7,12-13,19H,1-5,8-11H2,(H,27,28)(H,29,30)(H,31,32). The highest BCUT2D eigenvalue weighted by Gasteiger charge is 2.24. The number of amides is 1. The predicted octanol–water partition coefficient (Wildman–Crippen LogP) is 4.50. The highest BCUT2D eigenvalue weighted by Crippen LogP contribution is 2.24. The molecule has 1 unspecified atom stereocenters. The molecule has 3 N–H and O–H groups in total. The second kappa shape index (κ2) is 12.2. The van der Waals surface area contributed by atoms with Gasteiger partial charge in [-0.2, -0.15) is 0 Å². The van der Waals surface area contributed by atoms with Gasteiger partial charge in [0.05, 0.1) is 10.6 Å². The van der Waals surface area contributed by atoms with Crippen molar-refractivity contribution in [2.24, 2.45) is 0 Å². The van der Waals surface area contributed by atoms with E-state index in [0.29, 0.717) is 6.61 Å². The third kappa shape index (κ3) is 7.28. The Morgan fingerprint density at radius 3 is 2.82 bits per heavy atom. The molecule has 0 aliphatic carbocycles. The zero-order valence-electron chi connectivity index (χ0n) is 18.0. The number of aromatic nitrogens is 1. The minimum atomic E-state index is -1.25. The first-order valence-corrected chi connectivity index (χ1v) is 11.6. The van der Waals surface area contributed by atoms with E-state index in [1.54, 1.807) is 0 Å². The van der Waals surface area contributed by atoms with Crippen molar-refractivity contribution in [3.8, 4) is 0 Å². The van der Waals surface area contributed by atoms with E-state index in [4.69, 9.17) is 27.9 Å². The number of carbonyl (C=O) groups excluding carboxylic acids is 1. The summed E-state index contributed by atoms with van der Waals surface area (Å²) in [5.41, 5.74) is 1.85. The molecule has 0 saturated heterocycles. The smallest absolute Gasteiger partial charge is 0.326 e. The highest BCUT2D eigenvalue weighted by molar-refractivity contribution is 6.36. The summed E-state index contributed by atoms with van der Waals surface area (Å²) in [6.07, 6.45) is 4.74. The molecule has 1 aliphatic rings. The number of ether oxygens (including phenoxy) is 1. The van der Waals surface area contributed by atoms with E-state index < -0.39 is 29.3 Å². The van der Waals surface area contributed by atoms with Gasteiger partial charge in [0.1, 0.15) is 17.7 Å². The summed E-state index contributed by atoms with van der Waals surface area (Å²) in [5, 5.41) is 14.8. The van der Waals surface area contributed by atoms with Gasteiger partial charge in [0.25, 0.3) is 5.91 Å². The number of unbranched alkanes of at least 4 members (excludes halogenated alkanes) is 1. The molecule has 10 heteroatoms. The lowest BCUT2D eigenvalue weighted by Gasteiger charge is -2.17. The van der Waals surface area contributed by atoms with Gasteiger partial charge >= 0.3 is 5.97 Å². The van der Waals surface area contributed by atoms with E-state index in [1.807, 2.05) is 0 Å². The normalized spacial score (nSPS) is 13.7. The van der Waals surface area contributed by atoms with Gasteiger partial charge < -0.3 is 20.5 Å². The number of aliphatic carboxylic acids is 1. The number of anilines is 1. The fraction of sp³-hybridized carbons (Fsp3) is 0.435. The number of rotatable bonds is 11. The fourth-order valence-corrected chi connectivity index (χ4v) is 4.12. The summed E-state index contributed by atoms with van der Waals surface area (Å²) in [4.78, 5) is 28.5. The number of nitrogens with zero attached hydrogens (tertiary/aromatic N) is 1. The third-order valence-corrected chi connectivity index (χ3v) is 5.83. The van der Waals surface area contributed by atoms with Crippen molar-refractivity contribution in [3.05, 3.63) is 56.9 Å². The molecule has 1 aliphatic heterocycles. The van der Waals surface area contributed by atoms with Gasteiger partial charge in [-0.15, -0.1) is 0 Å². The summed E-state index contributed by atoms with van der Waals surface area (Å²) in [6.45, 7) is 1.55. The number of halogens is 3. The van der Waals surface area contributed by atoms with Crippen LogP contribution in [0.5, 0.6) is 0 Å². The summed E-state index contributed by atoms with van der Waals surface area (Å²) in [6, 6.07) is 5.11. The van der Waals surface area contributed by atoms with Crippen LogP contribution < -0.4 is 10.6 Å². The number of aryl methyl sites for hydroxylation is 2. The second-order valence-corrected chi connectivity index (χ2v) is 8.65. The van der Waals surface area contributed by atoms with Gasteiger partial charge in [-0.1, -0.05) is 29.3 Å². The number of pyridine rings is 1. The molecule has 2 aromatic rings. The summed E-state index contributed by atoms with van der Waals surface area (Å²) in [7, 11) is 0. The molecular weight excluding hydrogens is 472 g/mol. The molecule has 3 rings (SSSR count). The van der Waals surface area contributed by atoms with Gasteiger partial charge in [-0.25, -0.2) is 14.2 Å². The number of fused-ring (bicyclic) bond motifs is 1. The SMILES string of the molecule is O=C(NC(CCOCCCCc1ccc2c(n1)NCCC2)C(=O)O)c1c(F)cc(Cl)cc1Cl. The third-order valence-electron chi connectivity index (χ3n) is 5.31. The van der Waals surface area contributed by atoms with Crippen LogP contribution in [0.25, 0.3) is 0 Å². The Morgan fingerprint density at radius 2 is 2.06 bits per heavy atom. The van der Waals surface area contributed by atoms with E-state index >= 15 is 0 Å². The van der Waals surface area contributed by atoms with Crippen LogP contribution in [0.4, 0.5) is 10.2 Å². The molecule has 0 spiro atoms. The summed E-state index contributed by atoms with van der Waals surface area (Å²) < 4.78 is 19.6. The molecule has 1 aromatic heterocycles. The molecule has 0 fully saturated rings. The molecule has 0 bridgehead atoms. The minimum Gasteiger partial charge on any atom is -0.480 e. The Labute approximate surface area is 201 Å². The Kier molecular flexibility index (Phi) is 9.29. The number of benzene rings is 1. The number of carboxylic acid groups (broad SMARTS) is 1. The van der Waals surface area contributed by atoms with Crippen molar-refractivity contribution in [3.63, 3.8) is 0 Å². The number of carbonyl (C=O) groups is 2. The first-order valence-electron chi connectivity index (χ1n) is 10.8. The van der Waals surface area contributed by atoms with E-state index in [1.165, 1.54) is 11.6 Å². The Morgan fingerprint density at radius 1 is 1.24 bits per heavy atom. The second-order valence-electron chi connectivity index (χ2n) is 7.81. The molecule has 178 valence electrons. The number of nitrogens with one attached hydrogen (secondary N) is 2. The average Bonchev–Trinajstić information content (AvgIpc) is 2.76. The first-order chi connectivity index (χ1) is 15.8. The lowest BCUT2D eigenvalue weighted by Crippen LogP contribution is -2.42. The molecular formula is C23H26Cl2FN3O4. The molecule has 33 heavy (non-hydrogen) atoms. The molecule has 1 atom stereocenters. The average molecular weight is 498 g/mol. The van der Waals surface area contributed by atoms with Crippen LogP contribution in [0.15, 0.2) is 24.3 Å². The van der Waals surface area contributed by atoms with Crippen molar-refractivity contribution in [2.75, 3.05) is 25.1 Å². The van der Waals surface area contributed by atoms with Gasteiger partial charge in [-0.05, 0) is 55.9 Å². The van der Waals surface area contributed by atoms with Crippen LogP contribution in [0.1, 0.15) is 47.3 Å². The maximum atomic E-state index is 14.0. The maximum absolute atomic E-state index is 14.0. The Hall–Kier alpha value is -2.42. The van der Waals surface area contributed by atoms with Crippen LogP contribution in [0.3, 0.4) is 0 Å². The van der Waals surface area contributed by atoms with Crippen LogP contribution in [0.2, 0.25) is 10.0 Å². The van der Waals surface area contributed by atoms with Crippen molar-refractivity contribution >= 4 is 40.9 Å². The van der Waals surface area contributed by atoms with E-state index in [2.05, 4.69) is 27.8 Å². The summed E-state index contributed by atoms with van der Waals surface area (Å²) in [5.74, 6) is -2.11. The molecule has 0 radical (unpaired) electrons. The largest absolute Gasteiger partial charge is 0.480 e. The lowest BCUT2D eigenvalue weighted by atomic mass is 10.1. The van der Waals surface area contributed by atoms with Crippen LogP contribution in [-0.2, 0) is 22.4 Å². The van der Waals surface area contributed by atoms with E-state index in [-0.39, 0.29) is 23.1 Å². The number of hydrogen-bond acceptors (Lipinski definition) is 5. The molecule has 2 heterocycles. The van der Waals surface area contributed by atoms with Crippen molar-refractivity contribution in [2.45, 2.75) is 44.6 Å². The molecule has 7 nitrogen and oxygen atoms in total. The van der Waals surface area contributed by atoms with Crippen LogP contribution >= 0.6 is 23.2 Å². The van der Waals surface area contributed by atoms with Crippen molar-refractivity contribution in [1.29, 1.82) is 0 Å². The Bertz CT molecular complexity index is 983. The quantitative estimate of drug-likeness (QED) is 0.395. The van der Waals surface area contributed by atoms with Crippen molar-refractivity contribution < 1.29 is 23.8 Å². The minimum absolute atomic E-state index is 0.0337. The number of carboxylic acids is 1. The zero-order chi connectivity index (χ0) is 23.8. The zero-order valence-corrected chi connectivity index (χ0v) is 19.5. The lowest BCUT2D eigenvalue weighted by molar-refractivity contribution is -0.139. The van der Waals surface area contributed by atoms with E-state index in [9.17, 15) is 19.1 Å². The van der Waals surface area contributed by atoms with Crippen LogP contribution in [-0.4, -0.2) is 47.8 Å². The summed E-state index contributed by atoms with van der Waals surface area (Å²) >= 11 is 11.6. The molecule has 0 saturated carbocycles.